The number of aryl methyl sites for hydroxylation is 2. The first-order valence-corrected chi connectivity index (χ1v) is 10.1. The van der Waals surface area contributed by atoms with E-state index in [-0.39, 0.29) is 11.2 Å². The number of benzene rings is 1. The Balaban J connectivity index is 0.000000880. The van der Waals surface area contributed by atoms with Gasteiger partial charge in [0.05, 0.1) is 0 Å². The zero-order valence-corrected chi connectivity index (χ0v) is 16.4. The molecule has 2 nitrogen and oxygen atoms in total. The summed E-state index contributed by atoms with van der Waals surface area (Å²) in [5.41, 5.74) is 4.82. The molecule has 3 aliphatic carbocycles. The van der Waals surface area contributed by atoms with Crippen LogP contribution >= 0.6 is 0 Å². The highest BCUT2D eigenvalue weighted by Crippen LogP contribution is 2.59. The topological polar surface area (TPSA) is 34.1 Å². The fourth-order valence-corrected chi connectivity index (χ4v) is 5.89. The summed E-state index contributed by atoms with van der Waals surface area (Å²) >= 11 is 0. The van der Waals surface area contributed by atoms with Crippen LogP contribution in [-0.4, -0.2) is 11.6 Å². The Hall–Kier alpha value is -1.44. The quantitative estimate of drug-likeness (QED) is 0.619. The predicted octanol–water partition coefficient (Wildman–Crippen LogP) is 5.65. The Bertz CT molecular complexity index is 702. The van der Waals surface area contributed by atoms with Crippen molar-refractivity contribution in [3.05, 3.63) is 34.4 Å². The minimum Gasteiger partial charge on any atom is -0.299 e. The number of rotatable bonds is 1. The van der Waals surface area contributed by atoms with E-state index in [4.69, 9.17) is 0 Å². The number of hydrogen-bond acceptors (Lipinski definition) is 2. The van der Waals surface area contributed by atoms with Crippen LogP contribution < -0.4 is 0 Å². The molecule has 0 bridgehead atoms. The second-order valence-electron chi connectivity index (χ2n) is 8.26. The van der Waals surface area contributed by atoms with Crippen LogP contribution in [-0.2, 0) is 11.2 Å². The maximum absolute atomic E-state index is 12.4. The summed E-state index contributed by atoms with van der Waals surface area (Å²) in [7, 11) is 0. The molecule has 1 aromatic rings. The minimum absolute atomic E-state index is 0.0486. The number of carbonyl (C=O) groups is 2. The number of carbonyl (C=O) groups excluding carboxylic acids is 2. The van der Waals surface area contributed by atoms with Gasteiger partial charge >= 0.3 is 0 Å². The largest absolute Gasteiger partial charge is 0.299 e. The Morgan fingerprint density at radius 3 is 2.52 bits per heavy atom. The molecular weight excluding hydrogens is 308 g/mol. The molecule has 2 saturated carbocycles. The van der Waals surface area contributed by atoms with Crippen LogP contribution in [0.3, 0.4) is 0 Å². The van der Waals surface area contributed by atoms with Crippen LogP contribution in [0.2, 0.25) is 0 Å². The average molecular weight is 341 g/mol. The lowest BCUT2D eigenvalue weighted by atomic mass is 9.55. The molecule has 0 saturated heterocycles. The van der Waals surface area contributed by atoms with Gasteiger partial charge in [0, 0.05) is 17.4 Å². The molecule has 4 rings (SSSR count). The van der Waals surface area contributed by atoms with Crippen molar-refractivity contribution in [2.24, 2.45) is 17.3 Å². The molecule has 0 amide bonds. The van der Waals surface area contributed by atoms with E-state index < -0.39 is 0 Å². The lowest BCUT2D eigenvalue weighted by molar-refractivity contribution is -0.129. The van der Waals surface area contributed by atoms with Crippen molar-refractivity contribution in [3.63, 3.8) is 0 Å². The van der Waals surface area contributed by atoms with Crippen molar-refractivity contribution in [1.29, 1.82) is 0 Å². The second-order valence-corrected chi connectivity index (χ2v) is 8.26. The molecule has 4 unspecified atom stereocenters. The summed E-state index contributed by atoms with van der Waals surface area (Å²) in [4.78, 5) is 24.2. The summed E-state index contributed by atoms with van der Waals surface area (Å²) in [5.74, 6) is 2.52. The SMILES string of the molecule is CC.CC(=O)c1cc2c(cc1C)C1CCC3(C)C(=O)CCC3C1CC2. The molecule has 1 aromatic carbocycles. The summed E-state index contributed by atoms with van der Waals surface area (Å²) in [6.07, 6.45) is 6.32. The van der Waals surface area contributed by atoms with Crippen molar-refractivity contribution in [2.75, 3.05) is 0 Å². The molecule has 3 aliphatic rings. The Morgan fingerprint density at radius 2 is 1.84 bits per heavy atom. The van der Waals surface area contributed by atoms with Gasteiger partial charge in [-0.15, -0.1) is 0 Å². The van der Waals surface area contributed by atoms with Gasteiger partial charge in [-0.05, 0) is 86.5 Å². The predicted molar refractivity (Wildman–Crippen MR) is 102 cm³/mol. The van der Waals surface area contributed by atoms with E-state index >= 15 is 0 Å². The minimum atomic E-state index is -0.0486. The van der Waals surface area contributed by atoms with Crippen LogP contribution in [0, 0.1) is 24.2 Å². The molecule has 136 valence electrons. The van der Waals surface area contributed by atoms with Crippen LogP contribution in [0.15, 0.2) is 12.1 Å². The first-order chi connectivity index (χ1) is 11.9. The van der Waals surface area contributed by atoms with E-state index in [1.54, 1.807) is 6.92 Å². The fourth-order valence-electron chi connectivity index (χ4n) is 5.89. The van der Waals surface area contributed by atoms with E-state index in [2.05, 4.69) is 26.0 Å². The molecule has 2 fully saturated rings. The van der Waals surface area contributed by atoms with Gasteiger partial charge in [0.1, 0.15) is 5.78 Å². The van der Waals surface area contributed by atoms with E-state index in [1.807, 2.05) is 13.8 Å². The number of fused-ring (bicyclic) bond motifs is 5. The first kappa shape index (κ1) is 18.4. The molecule has 0 N–H and O–H groups in total. The van der Waals surface area contributed by atoms with Crippen LogP contribution in [0.1, 0.15) is 92.8 Å². The maximum atomic E-state index is 12.4. The second kappa shape index (κ2) is 6.70. The molecule has 25 heavy (non-hydrogen) atoms. The van der Waals surface area contributed by atoms with Crippen molar-refractivity contribution in [1.82, 2.24) is 0 Å². The maximum Gasteiger partial charge on any atom is 0.160 e. The van der Waals surface area contributed by atoms with E-state index in [9.17, 15) is 9.59 Å². The van der Waals surface area contributed by atoms with Gasteiger partial charge in [0.15, 0.2) is 5.78 Å². The van der Waals surface area contributed by atoms with Crippen molar-refractivity contribution < 1.29 is 9.59 Å². The number of Topliss-reactive ketones (excluding diaryl/α,β-unsaturated/α-hetero) is 2. The first-order valence-electron chi connectivity index (χ1n) is 10.1. The van der Waals surface area contributed by atoms with Crippen LogP contribution in [0.4, 0.5) is 0 Å². The van der Waals surface area contributed by atoms with E-state index in [1.165, 1.54) is 17.5 Å². The molecule has 0 heterocycles. The Kier molecular flexibility index (Phi) is 4.92. The zero-order chi connectivity index (χ0) is 18.4. The molecular formula is C23H32O2. The van der Waals surface area contributed by atoms with Gasteiger partial charge in [-0.25, -0.2) is 0 Å². The van der Waals surface area contributed by atoms with Gasteiger partial charge in [-0.2, -0.15) is 0 Å². The lowest BCUT2D eigenvalue weighted by Gasteiger charge is -2.48. The highest BCUT2D eigenvalue weighted by molar-refractivity contribution is 5.95. The van der Waals surface area contributed by atoms with Crippen molar-refractivity contribution in [2.45, 2.75) is 79.1 Å². The van der Waals surface area contributed by atoms with E-state index in [0.717, 1.165) is 43.2 Å². The third kappa shape index (κ3) is 2.78. The standard InChI is InChI=1S/C21H26O2.C2H6/c1-12-10-18-14(11-17(12)13(2)22)4-5-16-15(18)8-9-21(3)19(16)6-7-20(21)23;1-2/h10-11,15-16,19H,4-9H2,1-3H3;1-2H3. The summed E-state index contributed by atoms with van der Waals surface area (Å²) in [6, 6.07) is 4.43. The van der Waals surface area contributed by atoms with Gasteiger partial charge in [0.2, 0.25) is 0 Å². The molecule has 0 spiro atoms. The van der Waals surface area contributed by atoms with Gasteiger partial charge in [-0.3, -0.25) is 9.59 Å². The molecule has 4 atom stereocenters. The fraction of sp³-hybridized carbons (Fsp3) is 0.652. The average Bonchev–Trinajstić information content (AvgIpc) is 2.91. The smallest absolute Gasteiger partial charge is 0.160 e. The van der Waals surface area contributed by atoms with Gasteiger partial charge < -0.3 is 0 Å². The molecule has 0 radical (unpaired) electrons. The highest BCUT2D eigenvalue weighted by Gasteiger charge is 2.54. The van der Waals surface area contributed by atoms with Crippen LogP contribution in [0.5, 0.6) is 0 Å². The molecule has 2 heteroatoms. The Morgan fingerprint density at radius 1 is 1.12 bits per heavy atom. The lowest BCUT2D eigenvalue weighted by Crippen LogP contribution is -2.42. The monoisotopic (exact) mass is 340 g/mol. The number of hydrogen-bond donors (Lipinski definition) is 0. The van der Waals surface area contributed by atoms with Crippen molar-refractivity contribution >= 4 is 11.6 Å². The summed E-state index contributed by atoms with van der Waals surface area (Å²) in [6.45, 7) is 9.95. The number of ketones is 2. The molecule has 0 aromatic heterocycles. The van der Waals surface area contributed by atoms with E-state index in [0.29, 0.717) is 23.5 Å². The summed E-state index contributed by atoms with van der Waals surface area (Å²) < 4.78 is 0. The normalized spacial score (nSPS) is 32.8. The zero-order valence-electron chi connectivity index (χ0n) is 16.4. The van der Waals surface area contributed by atoms with Gasteiger partial charge in [0.25, 0.3) is 0 Å². The summed E-state index contributed by atoms with van der Waals surface area (Å²) in [5, 5.41) is 0. The van der Waals surface area contributed by atoms with Crippen LogP contribution in [0.25, 0.3) is 0 Å². The highest BCUT2D eigenvalue weighted by atomic mass is 16.1. The third-order valence-corrected chi connectivity index (χ3v) is 7.16. The Labute approximate surface area is 152 Å². The van der Waals surface area contributed by atoms with Crippen molar-refractivity contribution in [3.8, 4) is 0 Å². The third-order valence-electron chi connectivity index (χ3n) is 7.16. The van der Waals surface area contributed by atoms with Gasteiger partial charge in [-0.1, -0.05) is 26.8 Å². The molecule has 0 aliphatic heterocycles.